The molecule has 11 heteroatoms. The first-order valence-electron chi connectivity index (χ1n) is 16.5. The van der Waals surface area contributed by atoms with Crippen molar-refractivity contribution >= 4 is 35.4 Å². The highest BCUT2D eigenvalue weighted by Crippen LogP contribution is 2.34. The van der Waals surface area contributed by atoms with E-state index in [2.05, 4.69) is 10.6 Å². The van der Waals surface area contributed by atoms with Crippen LogP contribution in [0.2, 0.25) is 0 Å². The topological polar surface area (TPSA) is 165 Å². The van der Waals surface area contributed by atoms with E-state index in [1.165, 1.54) is 0 Å². The molecular weight excluding hydrogens is 564 g/mol. The molecule has 0 spiro atoms. The number of urea groups is 1. The quantitative estimate of drug-likeness (QED) is 0.195. The van der Waals surface area contributed by atoms with Gasteiger partial charge in [-0.05, 0) is 56.8 Å². The third-order valence-corrected chi connectivity index (χ3v) is 8.60. The van der Waals surface area contributed by atoms with Crippen LogP contribution in [0, 0.1) is 23.2 Å². The number of hydrogen-bond donors (Lipinski definition) is 3. The van der Waals surface area contributed by atoms with Gasteiger partial charge in [-0.25, -0.2) is 9.59 Å². The third-order valence-electron chi connectivity index (χ3n) is 8.60. The molecule has 0 aromatic heterocycles. The lowest BCUT2D eigenvalue weighted by atomic mass is 9.76. The summed E-state index contributed by atoms with van der Waals surface area (Å²) in [5, 5.41) is 5.51. The maximum Gasteiger partial charge on any atom is 0.329 e. The van der Waals surface area contributed by atoms with Gasteiger partial charge in [0, 0.05) is 18.9 Å². The Balaban J connectivity index is 2.31. The van der Waals surface area contributed by atoms with E-state index in [1.807, 2.05) is 34.6 Å². The van der Waals surface area contributed by atoms with Crippen LogP contribution >= 0.6 is 0 Å². The summed E-state index contributed by atoms with van der Waals surface area (Å²) in [4.78, 5) is 80.2. The van der Waals surface area contributed by atoms with Crippen LogP contribution in [0.25, 0.3) is 0 Å². The Morgan fingerprint density at radius 1 is 0.955 bits per heavy atom. The van der Waals surface area contributed by atoms with Gasteiger partial charge in [-0.15, -0.1) is 0 Å². The van der Waals surface area contributed by atoms with Crippen molar-refractivity contribution in [1.29, 1.82) is 0 Å². The van der Waals surface area contributed by atoms with Crippen LogP contribution in [-0.4, -0.2) is 71.1 Å². The second-order valence-corrected chi connectivity index (χ2v) is 14.5. The highest BCUT2D eigenvalue weighted by Gasteiger charge is 2.39. The van der Waals surface area contributed by atoms with Crippen LogP contribution in [-0.2, 0) is 28.7 Å². The van der Waals surface area contributed by atoms with Gasteiger partial charge in [-0.1, -0.05) is 73.1 Å². The second-order valence-electron chi connectivity index (χ2n) is 14.5. The van der Waals surface area contributed by atoms with E-state index in [-0.39, 0.29) is 36.1 Å². The van der Waals surface area contributed by atoms with Gasteiger partial charge in [0.25, 0.3) is 5.91 Å². The number of nitrogens with one attached hydrogen (secondary N) is 2. The van der Waals surface area contributed by atoms with Crippen LogP contribution in [0.4, 0.5) is 4.79 Å². The molecule has 11 nitrogen and oxygen atoms in total. The number of primary amides is 1. The first kappa shape index (κ1) is 37.2. The van der Waals surface area contributed by atoms with Crippen molar-refractivity contribution in [3.63, 3.8) is 0 Å². The number of hydrogen-bond acceptors (Lipinski definition) is 7. The molecule has 250 valence electrons. The average molecular weight is 621 g/mol. The molecule has 1 unspecified atom stereocenters. The number of nitrogens with zero attached hydrogens (tertiary/aromatic N) is 1. The van der Waals surface area contributed by atoms with Crippen molar-refractivity contribution in [3.05, 3.63) is 0 Å². The Morgan fingerprint density at radius 2 is 1.59 bits per heavy atom. The molecule has 0 bridgehead atoms. The number of carbonyl (C=O) groups is 6. The first-order chi connectivity index (χ1) is 20.5. The number of amides is 4. The van der Waals surface area contributed by atoms with E-state index in [4.69, 9.17) is 10.5 Å². The SMILES string of the molecule is CC(C)C[C@@H](C(=O)CC(CC1CCC1)C(=O)C(N)=O)N1CCCCCC[C@H](NC(=O)N[C@H](C(=O)OC(C)C)C(C)(C)C)C1=O. The van der Waals surface area contributed by atoms with Crippen LogP contribution in [0.3, 0.4) is 0 Å². The zero-order valence-electron chi connectivity index (χ0n) is 27.9. The predicted octanol–water partition coefficient (Wildman–Crippen LogP) is 4.05. The molecule has 1 saturated heterocycles. The molecule has 0 aromatic rings. The monoisotopic (exact) mass is 620 g/mol. The first-order valence-corrected chi connectivity index (χ1v) is 16.5. The molecule has 4 amide bonds. The number of rotatable bonds is 14. The van der Waals surface area contributed by atoms with E-state index in [9.17, 15) is 28.8 Å². The molecule has 4 atom stereocenters. The van der Waals surface area contributed by atoms with Gasteiger partial charge in [-0.2, -0.15) is 0 Å². The van der Waals surface area contributed by atoms with Crippen LogP contribution in [0.1, 0.15) is 119 Å². The summed E-state index contributed by atoms with van der Waals surface area (Å²) in [6, 6.07) is -3.32. The lowest BCUT2D eigenvalue weighted by Crippen LogP contribution is -2.59. The molecule has 2 aliphatic rings. The fraction of sp³-hybridized carbons (Fsp3) is 0.818. The molecule has 1 heterocycles. The fourth-order valence-corrected chi connectivity index (χ4v) is 5.99. The largest absolute Gasteiger partial charge is 0.461 e. The van der Waals surface area contributed by atoms with E-state index in [0.29, 0.717) is 38.6 Å². The van der Waals surface area contributed by atoms with Crippen LogP contribution in [0.15, 0.2) is 0 Å². The van der Waals surface area contributed by atoms with Crippen molar-refractivity contribution in [2.24, 2.45) is 28.9 Å². The third kappa shape index (κ3) is 11.5. The summed E-state index contributed by atoms with van der Waals surface area (Å²) in [7, 11) is 0. The molecule has 1 saturated carbocycles. The van der Waals surface area contributed by atoms with E-state index in [1.54, 1.807) is 18.7 Å². The van der Waals surface area contributed by atoms with Gasteiger partial charge in [-0.3, -0.25) is 19.2 Å². The number of ketones is 2. The summed E-state index contributed by atoms with van der Waals surface area (Å²) in [5.41, 5.74) is 4.71. The maximum absolute atomic E-state index is 14.1. The van der Waals surface area contributed by atoms with Gasteiger partial charge in [0.2, 0.25) is 11.7 Å². The Morgan fingerprint density at radius 3 is 2.11 bits per heavy atom. The highest BCUT2D eigenvalue weighted by atomic mass is 16.5. The Hall–Kier alpha value is -2.98. The highest BCUT2D eigenvalue weighted by molar-refractivity contribution is 6.36. The van der Waals surface area contributed by atoms with E-state index in [0.717, 1.165) is 32.1 Å². The number of carbonyl (C=O) groups excluding carboxylic acids is 6. The van der Waals surface area contributed by atoms with Crippen molar-refractivity contribution < 1.29 is 33.5 Å². The minimum atomic E-state index is -1.04. The Bertz CT molecular complexity index is 1030. The van der Waals surface area contributed by atoms with E-state index < -0.39 is 53.1 Å². The summed E-state index contributed by atoms with van der Waals surface area (Å²) in [6.45, 7) is 13.2. The fourth-order valence-electron chi connectivity index (χ4n) is 5.99. The van der Waals surface area contributed by atoms with E-state index >= 15 is 0 Å². The maximum atomic E-state index is 14.1. The number of nitrogens with two attached hydrogens (primary N) is 1. The van der Waals surface area contributed by atoms with Gasteiger partial charge >= 0.3 is 12.0 Å². The lowest BCUT2D eigenvalue weighted by molar-refractivity contribution is -0.152. The molecule has 1 aliphatic heterocycles. The number of ether oxygens (including phenoxy) is 1. The lowest BCUT2D eigenvalue weighted by Gasteiger charge is -2.36. The van der Waals surface area contributed by atoms with Crippen molar-refractivity contribution in [3.8, 4) is 0 Å². The molecule has 1 aliphatic carbocycles. The Labute approximate surface area is 263 Å². The minimum Gasteiger partial charge on any atom is -0.461 e. The standard InChI is InChI=1S/C33H56N4O7/c1-20(2)17-25(26(38)19-23(27(39)29(34)40)18-22-13-12-14-22)37-16-11-9-8-10-15-24(30(37)41)35-32(43)36-28(33(5,6)7)31(42)44-21(3)4/h20-25,28H,8-19H2,1-7H3,(H2,34,40)(H2,35,36,43)/t23?,24-,25-,28+/m0/s1. The van der Waals surface area contributed by atoms with Crippen LogP contribution in [0.5, 0.6) is 0 Å². The van der Waals surface area contributed by atoms with Crippen LogP contribution < -0.4 is 16.4 Å². The van der Waals surface area contributed by atoms with Gasteiger partial charge < -0.3 is 26.0 Å². The van der Waals surface area contributed by atoms with Crippen molar-refractivity contribution in [1.82, 2.24) is 15.5 Å². The predicted molar refractivity (Wildman–Crippen MR) is 167 cm³/mol. The normalized spacial score (nSPS) is 20.4. The Kier molecular flexibility index (Phi) is 14.3. The molecular formula is C33H56N4O7. The average Bonchev–Trinajstić information content (AvgIpc) is 2.96. The molecule has 0 aromatic carbocycles. The van der Waals surface area contributed by atoms with Gasteiger partial charge in [0.1, 0.15) is 12.1 Å². The molecule has 44 heavy (non-hydrogen) atoms. The number of esters is 1. The smallest absolute Gasteiger partial charge is 0.329 e. The molecule has 2 fully saturated rings. The zero-order chi connectivity index (χ0) is 33.2. The molecule has 0 radical (unpaired) electrons. The summed E-state index contributed by atoms with van der Waals surface area (Å²) >= 11 is 0. The van der Waals surface area contributed by atoms with Gasteiger partial charge in [0.05, 0.1) is 12.1 Å². The summed E-state index contributed by atoms with van der Waals surface area (Å²) in [5.74, 6) is -3.41. The van der Waals surface area contributed by atoms with Crippen molar-refractivity contribution in [2.75, 3.05) is 6.54 Å². The summed E-state index contributed by atoms with van der Waals surface area (Å²) in [6.07, 6.45) is 6.81. The summed E-state index contributed by atoms with van der Waals surface area (Å²) < 4.78 is 5.37. The molecule has 4 N–H and O–H groups in total. The van der Waals surface area contributed by atoms with Crippen molar-refractivity contribution in [2.45, 2.75) is 143 Å². The minimum absolute atomic E-state index is 0.0653. The molecule has 2 rings (SSSR count). The zero-order valence-corrected chi connectivity index (χ0v) is 27.9. The van der Waals surface area contributed by atoms with Gasteiger partial charge in [0.15, 0.2) is 5.78 Å². The second kappa shape index (κ2) is 16.9. The number of Topliss-reactive ketones (excluding diaryl/α,β-unsaturated/α-hetero) is 2.